The van der Waals surface area contributed by atoms with Gasteiger partial charge in [0.05, 0.1) is 0 Å². The first-order valence-corrected chi connectivity index (χ1v) is 8.81. The minimum Gasteiger partial charge on any atom is -0.326 e. The molecule has 3 rings (SSSR count). The van der Waals surface area contributed by atoms with Gasteiger partial charge in [0, 0.05) is 55.4 Å². The molecule has 5 nitrogen and oxygen atoms in total. The fraction of sp³-hybridized carbons (Fsp3) is 0.500. The van der Waals surface area contributed by atoms with Crippen molar-refractivity contribution in [2.75, 3.05) is 34.8 Å². The second-order valence-electron chi connectivity index (χ2n) is 5.74. The van der Waals surface area contributed by atoms with Crippen molar-refractivity contribution >= 4 is 35.0 Å². The highest BCUT2D eigenvalue weighted by atomic mass is 32.2. The van der Waals surface area contributed by atoms with Gasteiger partial charge in [-0.1, -0.05) is 0 Å². The molecule has 6 heteroatoms. The van der Waals surface area contributed by atoms with E-state index in [1.165, 1.54) is 0 Å². The Kier molecular flexibility index (Phi) is 4.69. The van der Waals surface area contributed by atoms with Crippen molar-refractivity contribution in [3.63, 3.8) is 0 Å². The molecule has 2 aliphatic rings. The molecule has 1 saturated heterocycles. The molecule has 1 aromatic rings. The van der Waals surface area contributed by atoms with Crippen LogP contribution in [0.25, 0.3) is 0 Å². The van der Waals surface area contributed by atoms with Gasteiger partial charge < -0.3 is 15.5 Å². The van der Waals surface area contributed by atoms with Gasteiger partial charge in [0.2, 0.25) is 11.8 Å². The zero-order chi connectivity index (χ0) is 15.5. The van der Waals surface area contributed by atoms with Crippen LogP contribution in [0, 0.1) is 0 Å². The van der Waals surface area contributed by atoms with E-state index in [-0.39, 0.29) is 17.9 Å². The van der Waals surface area contributed by atoms with Crippen LogP contribution in [-0.4, -0.2) is 42.5 Å². The zero-order valence-corrected chi connectivity index (χ0v) is 13.5. The lowest BCUT2D eigenvalue weighted by molar-refractivity contribution is -0.117. The van der Waals surface area contributed by atoms with Gasteiger partial charge in [-0.05, 0) is 30.2 Å². The number of fused-ring (bicyclic) bond motifs is 1. The first kappa shape index (κ1) is 15.4. The van der Waals surface area contributed by atoms with Gasteiger partial charge >= 0.3 is 0 Å². The van der Waals surface area contributed by atoms with E-state index in [1.807, 2.05) is 30.0 Å². The van der Waals surface area contributed by atoms with Gasteiger partial charge in [-0.15, -0.1) is 0 Å². The van der Waals surface area contributed by atoms with Gasteiger partial charge in [0.25, 0.3) is 0 Å². The summed E-state index contributed by atoms with van der Waals surface area (Å²) in [5, 5.41) is 6.34. The number of nitrogens with zero attached hydrogens (tertiary/aromatic N) is 1. The number of carbonyl (C=O) groups is 2. The maximum Gasteiger partial charge on any atom is 0.225 e. The third kappa shape index (κ3) is 3.44. The standard InChI is InChI=1S/C16H21N3O2S/c1-11(20)19-6-4-12-8-13(2-3-15(12)19)18-16(21)9-14-10-22-7-5-17-14/h2-3,8,14,17H,4-7,9-10H2,1H3,(H,18,21). The predicted molar refractivity (Wildman–Crippen MR) is 90.5 cm³/mol. The summed E-state index contributed by atoms with van der Waals surface area (Å²) in [4.78, 5) is 25.5. The molecule has 0 radical (unpaired) electrons. The maximum atomic E-state index is 12.1. The molecule has 1 unspecified atom stereocenters. The molecule has 2 heterocycles. The summed E-state index contributed by atoms with van der Waals surface area (Å²) in [6.45, 7) is 3.29. The van der Waals surface area contributed by atoms with E-state index in [2.05, 4.69) is 10.6 Å². The lowest BCUT2D eigenvalue weighted by atomic mass is 10.1. The number of rotatable bonds is 3. The number of nitrogens with one attached hydrogen (secondary N) is 2. The van der Waals surface area contributed by atoms with Crippen LogP contribution in [0.4, 0.5) is 11.4 Å². The number of amides is 2. The fourth-order valence-corrected chi connectivity index (χ4v) is 3.94. The molecule has 118 valence electrons. The maximum absolute atomic E-state index is 12.1. The Bertz CT molecular complexity index is 585. The molecule has 0 bridgehead atoms. The van der Waals surface area contributed by atoms with Crippen LogP contribution in [0.5, 0.6) is 0 Å². The Balaban J connectivity index is 1.61. The third-order valence-electron chi connectivity index (χ3n) is 4.07. The topological polar surface area (TPSA) is 61.4 Å². The molecule has 0 aromatic heterocycles. The Labute approximate surface area is 134 Å². The largest absolute Gasteiger partial charge is 0.326 e. The first-order chi connectivity index (χ1) is 10.6. The van der Waals surface area contributed by atoms with Gasteiger partial charge in [-0.3, -0.25) is 9.59 Å². The quantitative estimate of drug-likeness (QED) is 0.889. The smallest absolute Gasteiger partial charge is 0.225 e. The van der Waals surface area contributed by atoms with Crippen LogP contribution in [-0.2, 0) is 16.0 Å². The van der Waals surface area contributed by atoms with Crippen LogP contribution >= 0.6 is 11.8 Å². The molecular weight excluding hydrogens is 298 g/mol. The van der Waals surface area contributed by atoms with Crippen molar-refractivity contribution < 1.29 is 9.59 Å². The number of hydrogen-bond acceptors (Lipinski definition) is 4. The van der Waals surface area contributed by atoms with E-state index in [0.717, 1.165) is 48.0 Å². The number of anilines is 2. The van der Waals surface area contributed by atoms with Crippen molar-refractivity contribution in [3.8, 4) is 0 Å². The van der Waals surface area contributed by atoms with E-state index in [4.69, 9.17) is 0 Å². The molecule has 1 fully saturated rings. The Morgan fingerprint density at radius 1 is 1.45 bits per heavy atom. The second kappa shape index (κ2) is 6.71. The van der Waals surface area contributed by atoms with Gasteiger partial charge in [-0.2, -0.15) is 11.8 Å². The summed E-state index contributed by atoms with van der Waals surface area (Å²) in [6.07, 6.45) is 1.35. The summed E-state index contributed by atoms with van der Waals surface area (Å²) in [5.41, 5.74) is 2.91. The zero-order valence-electron chi connectivity index (χ0n) is 12.7. The molecule has 0 saturated carbocycles. The minimum absolute atomic E-state index is 0.0429. The first-order valence-electron chi connectivity index (χ1n) is 7.65. The summed E-state index contributed by atoms with van der Waals surface area (Å²) < 4.78 is 0. The molecule has 2 amide bonds. The monoisotopic (exact) mass is 319 g/mol. The van der Waals surface area contributed by atoms with E-state index >= 15 is 0 Å². The summed E-state index contributed by atoms with van der Waals surface area (Å²) in [7, 11) is 0. The lowest BCUT2D eigenvalue weighted by Gasteiger charge is -2.22. The van der Waals surface area contributed by atoms with E-state index in [1.54, 1.807) is 11.8 Å². The molecular formula is C16H21N3O2S. The van der Waals surface area contributed by atoms with Crippen LogP contribution < -0.4 is 15.5 Å². The van der Waals surface area contributed by atoms with Crippen molar-refractivity contribution in [3.05, 3.63) is 23.8 Å². The van der Waals surface area contributed by atoms with Crippen molar-refractivity contribution in [2.24, 2.45) is 0 Å². The summed E-state index contributed by atoms with van der Waals surface area (Å²) >= 11 is 1.89. The predicted octanol–water partition coefficient (Wildman–Crippen LogP) is 1.63. The molecule has 0 spiro atoms. The Morgan fingerprint density at radius 3 is 3.05 bits per heavy atom. The van der Waals surface area contributed by atoms with Crippen molar-refractivity contribution in [1.29, 1.82) is 0 Å². The van der Waals surface area contributed by atoms with Crippen LogP contribution in [0.15, 0.2) is 18.2 Å². The highest BCUT2D eigenvalue weighted by molar-refractivity contribution is 7.99. The molecule has 1 aromatic carbocycles. The average molecular weight is 319 g/mol. The van der Waals surface area contributed by atoms with Crippen LogP contribution in [0.1, 0.15) is 18.9 Å². The number of benzene rings is 1. The minimum atomic E-state index is 0.0429. The number of thioether (sulfide) groups is 1. The van der Waals surface area contributed by atoms with E-state index in [9.17, 15) is 9.59 Å². The van der Waals surface area contributed by atoms with E-state index < -0.39 is 0 Å². The molecule has 2 aliphatic heterocycles. The fourth-order valence-electron chi connectivity index (χ4n) is 2.99. The highest BCUT2D eigenvalue weighted by Crippen LogP contribution is 2.30. The van der Waals surface area contributed by atoms with Gasteiger partial charge in [-0.25, -0.2) is 0 Å². The second-order valence-corrected chi connectivity index (χ2v) is 6.89. The molecule has 2 N–H and O–H groups in total. The van der Waals surface area contributed by atoms with E-state index in [0.29, 0.717) is 6.42 Å². The normalized spacial score (nSPS) is 20.6. The molecule has 1 atom stereocenters. The summed E-state index contributed by atoms with van der Waals surface area (Å²) in [6, 6.07) is 6.05. The highest BCUT2D eigenvalue weighted by Gasteiger charge is 2.22. The number of hydrogen-bond donors (Lipinski definition) is 2. The van der Waals surface area contributed by atoms with Gasteiger partial charge in [0.1, 0.15) is 0 Å². The Hall–Kier alpha value is -1.53. The average Bonchev–Trinajstić information content (AvgIpc) is 2.91. The SMILES string of the molecule is CC(=O)N1CCc2cc(NC(=O)CC3CSCCN3)ccc21. The van der Waals surface area contributed by atoms with Crippen LogP contribution in [0.3, 0.4) is 0 Å². The lowest BCUT2D eigenvalue weighted by Crippen LogP contribution is -2.39. The van der Waals surface area contributed by atoms with Crippen LogP contribution in [0.2, 0.25) is 0 Å². The number of carbonyl (C=O) groups excluding carboxylic acids is 2. The van der Waals surface area contributed by atoms with Crippen molar-refractivity contribution in [2.45, 2.75) is 25.8 Å². The third-order valence-corrected chi connectivity index (χ3v) is 5.20. The summed E-state index contributed by atoms with van der Waals surface area (Å²) in [5.74, 6) is 2.22. The molecule has 22 heavy (non-hydrogen) atoms. The molecule has 0 aliphatic carbocycles. The Morgan fingerprint density at radius 2 is 2.32 bits per heavy atom. The van der Waals surface area contributed by atoms with Gasteiger partial charge in [0.15, 0.2) is 0 Å². The van der Waals surface area contributed by atoms with Crippen molar-refractivity contribution in [1.82, 2.24) is 5.32 Å².